The lowest BCUT2D eigenvalue weighted by atomic mass is 9.55. The monoisotopic (exact) mass is 410 g/mol. The van der Waals surface area contributed by atoms with Crippen LogP contribution in [0, 0.1) is 11.3 Å². The van der Waals surface area contributed by atoms with Crippen molar-refractivity contribution in [3.05, 3.63) is 36.0 Å². The third kappa shape index (κ3) is 3.45. The molecule has 0 aromatic rings. The summed E-state index contributed by atoms with van der Waals surface area (Å²) in [4.78, 5) is 17.5. The van der Waals surface area contributed by atoms with Gasteiger partial charge in [0, 0.05) is 18.0 Å². The Morgan fingerprint density at radius 3 is 2.67 bits per heavy atom. The normalized spacial score (nSPS) is 46.6. The second kappa shape index (κ2) is 8.37. The van der Waals surface area contributed by atoms with Gasteiger partial charge in [0.15, 0.2) is 0 Å². The zero-order chi connectivity index (χ0) is 20.6. The van der Waals surface area contributed by atoms with Gasteiger partial charge in [-0.1, -0.05) is 24.3 Å². The molecule has 30 heavy (non-hydrogen) atoms. The van der Waals surface area contributed by atoms with Gasteiger partial charge in [-0.3, -0.25) is 9.69 Å². The number of hydrogen-bond acceptors (Lipinski definition) is 4. The lowest BCUT2D eigenvalue weighted by molar-refractivity contribution is -0.114. The number of aliphatic hydroxyl groups is 1. The van der Waals surface area contributed by atoms with Gasteiger partial charge in [0.05, 0.1) is 11.6 Å². The molecule has 5 rings (SSSR count). The molecule has 0 amide bonds. The maximum atomic E-state index is 12.2. The van der Waals surface area contributed by atoms with Crippen LogP contribution >= 0.6 is 0 Å². The Labute approximate surface area is 181 Å². The average molecular weight is 411 g/mol. The number of aldehydes is 1. The zero-order valence-electron chi connectivity index (χ0n) is 18.3. The van der Waals surface area contributed by atoms with Gasteiger partial charge < -0.3 is 10.0 Å². The van der Waals surface area contributed by atoms with Gasteiger partial charge in [-0.05, 0) is 101 Å². The van der Waals surface area contributed by atoms with E-state index in [0.717, 1.165) is 63.7 Å². The number of hydrogen-bond donors (Lipinski definition) is 1. The van der Waals surface area contributed by atoms with Gasteiger partial charge in [-0.15, -0.1) is 0 Å². The first-order valence-corrected chi connectivity index (χ1v) is 12.4. The van der Waals surface area contributed by atoms with Crippen molar-refractivity contribution in [1.82, 2.24) is 9.80 Å². The molecule has 3 bridgehead atoms. The number of carbonyl (C=O) groups excluding carboxylic acids is 1. The van der Waals surface area contributed by atoms with Gasteiger partial charge >= 0.3 is 0 Å². The largest absolute Gasteiger partial charge is 0.384 e. The van der Waals surface area contributed by atoms with E-state index in [1.807, 2.05) is 6.08 Å². The SMILES string of the molecule is O=CC1=C[C@@]2(O)CC/C=C/CCCCN3CC[C@@H]1[C@]1(C[C@@H]4/C=C\CCCCN4[C@H]12)C3. The van der Waals surface area contributed by atoms with E-state index in [1.54, 1.807) is 0 Å². The second-order valence-electron chi connectivity index (χ2n) is 10.4. The van der Waals surface area contributed by atoms with Crippen LogP contribution in [0.5, 0.6) is 0 Å². The van der Waals surface area contributed by atoms with E-state index in [0.29, 0.717) is 18.4 Å². The molecule has 0 aromatic carbocycles. The van der Waals surface area contributed by atoms with Crippen molar-refractivity contribution in [1.29, 1.82) is 0 Å². The Kier molecular flexibility index (Phi) is 5.76. The van der Waals surface area contributed by atoms with Gasteiger partial charge in [-0.25, -0.2) is 0 Å². The lowest BCUT2D eigenvalue weighted by Crippen LogP contribution is -2.66. The molecule has 4 aliphatic heterocycles. The van der Waals surface area contributed by atoms with E-state index in [1.165, 1.54) is 32.1 Å². The number of fused-ring (bicyclic) bond motifs is 2. The fourth-order valence-electron chi connectivity index (χ4n) is 7.53. The highest BCUT2D eigenvalue weighted by Gasteiger charge is 2.65. The molecule has 164 valence electrons. The summed E-state index contributed by atoms with van der Waals surface area (Å²) in [5.41, 5.74) is -0.0582. The molecule has 0 saturated carbocycles. The van der Waals surface area contributed by atoms with E-state index < -0.39 is 5.60 Å². The second-order valence-corrected chi connectivity index (χ2v) is 10.4. The highest BCUT2D eigenvalue weighted by Crippen LogP contribution is 2.59. The van der Waals surface area contributed by atoms with Gasteiger partial charge in [0.2, 0.25) is 0 Å². The molecule has 0 aromatic heterocycles. The molecule has 6 atom stereocenters. The molecule has 4 heterocycles. The van der Waals surface area contributed by atoms with Crippen LogP contribution in [0.1, 0.15) is 64.2 Å². The highest BCUT2D eigenvalue weighted by molar-refractivity contribution is 5.76. The zero-order valence-corrected chi connectivity index (χ0v) is 18.3. The van der Waals surface area contributed by atoms with Crippen molar-refractivity contribution in [2.75, 3.05) is 26.2 Å². The minimum atomic E-state index is -0.921. The predicted molar refractivity (Wildman–Crippen MR) is 120 cm³/mol. The minimum Gasteiger partial charge on any atom is -0.384 e. The summed E-state index contributed by atoms with van der Waals surface area (Å²) in [6, 6.07) is 0.510. The molecule has 2 saturated heterocycles. The number of allylic oxidation sites excluding steroid dienone is 4. The third-order valence-corrected chi connectivity index (χ3v) is 8.63. The van der Waals surface area contributed by atoms with Crippen LogP contribution in [-0.2, 0) is 4.79 Å². The van der Waals surface area contributed by atoms with Crippen LogP contribution in [0.15, 0.2) is 36.0 Å². The van der Waals surface area contributed by atoms with Crippen LogP contribution in [0.2, 0.25) is 0 Å². The predicted octanol–water partition coefficient (Wildman–Crippen LogP) is 3.87. The first-order chi connectivity index (χ1) is 14.7. The van der Waals surface area contributed by atoms with E-state index in [9.17, 15) is 9.90 Å². The number of nitrogens with zero attached hydrogens (tertiary/aromatic N) is 2. The average Bonchev–Trinajstić information content (AvgIpc) is 3.01. The highest BCUT2D eigenvalue weighted by atomic mass is 16.3. The molecule has 5 aliphatic rings. The van der Waals surface area contributed by atoms with Gasteiger partial charge in [0.1, 0.15) is 6.29 Å². The van der Waals surface area contributed by atoms with E-state index >= 15 is 0 Å². The first kappa shape index (κ1) is 20.7. The fourth-order valence-corrected chi connectivity index (χ4v) is 7.53. The van der Waals surface area contributed by atoms with Crippen LogP contribution < -0.4 is 0 Å². The standard InChI is InChI=1S/C26H38N2O2/c29-19-21-17-26(30)13-8-4-1-2-5-9-14-27-16-12-23(21)25(20-27)18-22-11-7-3-6-10-15-28(22)24(25)26/h1,4,7,11,17,19,22-24,30H,2-3,5-6,8-10,12-16,18,20H2/b4-1+,11-7-/t22-,23-,24+,25-,26-/m0/s1. The molecule has 1 spiro atoms. The van der Waals surface area contributed by atoms with Gasteiger partial charge in [-0.2, -0.15) is 0 Å². The Morgan fingerprint density at radius 1 is 1.00 bits per heavy atom. The maximum Gasteiger partial charge on any atom is 0.146 e. The minimum absolute atomic E-state index is 0.0187. The molecule has 1 N–H and O–H groups in total. The lowest BCUT2D eigenvalue weighted by Gasteiger charge is -2.57. The molecule has 1 unspecified atom stereocenters. The number of carbonyl (C=O) groups is 1. The van der Waals surface area contributed by atoms with Crippen molar-refractivity contribution in [2.45, 2.75) is 81.9 Å². The Bertz CT molecular complexity index is 743. The molecular formula is C26H38N2O2. The molecule has 0 radical (unpaired) electrons. The van der Waals surface area contributed by atoms with Crippen molar-refractivity contribution in [3.63, 3.8) is 0 Å². The van der Waals surface area contributed by atoms with Crippen LogP contribution in [0.4, 0.5) is 0 Å². The van der Waals surface area contributed by atoms with Crippen molar-refractivity contribution in [2.24, 2.45) is 11.3 Å². The number of rotatable bonds is 1. The molecule has 4 nitrogen and oxygen atoms in total. The summed E-state index contributed by atoms with van der Waals surface area (Å²) in [5.74, 6) is 0.291. The summed E-state index contributed by atoms with van der Waals surface area (Å²) in [6.07, 6.45) is 23.4. The van der Waals surface area contributed by atoms with Crippen LogP contribution in [0.3, 0.4) is 0 Å². The van der Waals surface area contributed by atoms with Crippen molar-refractivity contribution in [3.8, 4) is 0 Å². The first-order valence-electron chi connectivity index (χ1n) is 12.4. The van der Waals surface area contributed by atoms with Gasteiger partial charge in [0.25, 0.3) is 0 Å². The quantitative estimate of drug-likeness (QED) is 0.526. The Hall–Kier alpha value is -1.23. The topological polar surface area (TPSA) is 43.8 Å². The maximum absolute atomic E-state index is 12.2. The number of piperidine rings is 1. The summed E-state index contributed by atoms with van der Waals surface area (Å²) < 4.78 is 0. The molecule has 2 fully saturated rings. The molecule has 1 aliphatic carbocycles. The third-order valence-electron chi connectivity index (χ3n) is 8.63. The van der Waals surface area contributed by atoms with Crippen LogP contribution in [-0.4, -0.2) is 65.1 Å². The van der Waals surface area contributed by atoms with Crippen molar-refractivity contribution < 1.29 is 9.90 Å². The summed E-state index contributed by atoms with van der Waals surface area (Å²) >= 11 is 0. The molecular weight excluding hydrogens is 372 g/mol. The Morgan fingerprint density at radius 2 is 1.80 bits per heavy atom. The van der Waals surface area contributed by atoms with E-state index in [2.05, 4.69) is 34.1 Å². The summed E-state index contributed by atoms with van der Waals surface area (Å²) in [5, 5.41) is 12.2. The summed E-state index contributed by atoms with van der Waals surface area (Å²) in [7, 11) is 0. The van der Waals surface area contributed by atoms with Crippen LogP contribution in [0.25, 0.3) is 0 Å². The smallest absolute Gasteiger partial charge is 0.146 e. The van der Waals surface area contributed by atoms with E-state index in [4.69, 9.17) is 0 Å². The summed E-state index contributed by atoms with van der Waals surface area (Å²) in [6.45, 7) is 4.33. The molecule has 4 heteroatoms. The van der Waals surface area contributed by atoms with Crippen molar-refractivity contribution >= 4 is 6.29 Å². The van der Waals surface area contributed by atoms with E-state index in [-0.39, 0.29) is 11.5 Å². The fraction of sp³-hybridized carbons (Fsp3) is 0.731. The Balaban J connectivity index is 1.63.